The second-order valence-corrected chi connectivity index (χ2v) is 3.70. The van der Waals surface area contributed by atoms with E-state index >= 15 is 0 Å². The molecule has 0 spiro atoms. The molecule has 1 amide bonds. The highest BCUT2D eigenvalue weighted by Crippen LogP contribution is 2.22. The summed E-state index contributed by atoms with van der Waals surface area (Å²) in [5.74, 6) is -0.627. The van der Waals surface area contributed by atoms with Crippen LogP contribution in [-0.4, -0.2) is 34.5 Å². The van der Waals surface area contributed by atoms with Crippen LogP contribution in [0, 0.1) is 5.92 Å². The van der Waals surface area contributed by atoms with Crippen LogP contribution in [0.1, 0.15) is 26.7 Å². The van der Waals surface area contributed by atoms with Gasteiger partial charge in [-0.2, -0.15) is 0 Å². The number of amides is 1. The van der Waals surface area contributed by atoms with E-state index in [1.54, 1.807) is 0 Å². The van der Waals surface area contributed by atoms with Crippen molar-refractivity contribution in [2.75, 3.05) is 6.54 Å². The van der Waals surface area contributed by atoms with Crippen molar-refractivity contribution in [1.82, 2.24) is 4.90 Å². The van der Waals surface area contributed by atoms with Crippen LogP contribution in [0.25, 0.3) is 0 Å². The quantitative estimate of drug-likeness (QED) is 0.654. The molecule has 1 fully saturated rings. The van der Waals surface area contributed by atoms with Crippen molar-refractivity contribution < 1.29 is 14.7 Å². The highest BCUT2D eigenvalue weighted by Gasteiger charge is 2.32. The lowest BCUT2D eigenvalue weighted by atomic mass is 9.92. The third-order valence-corrected chi connectivity index (χ3v) is 2.55. The van der Waals surface area contributed by atoms with Crippen molar-refractivity contribution in [2.45, 2.75) is 32.7 Å². The first-order chi connectivity index (χ1) is 6.02. The van der Waals surface area contributed by atoms with Gasteiger partial charge in [-0.05, 0) is 18.8 Å². The number of carbonyl (C=O) groups is 2. The summed E-state index contributed by atoms with van der Waals surface area (Å²) in [7, 11) is 0. The first-order valence-electron chi connectivity index (χ1n) is 4.52. The summed E-state index contributed by atoms with van der Waals surface area (Å²) in [6.45, 7) is 4.02. The van der Waals surface area contributed by atoms with E-state index in [-0.39, 0.29) is 5.91 Å². The summed E-state index contributed by atoms with van der Waals surface area (Å²) >= 11 is 0. The molecule has 0 aromatic heterocycles. The van der Waals surface area contributed by atoms with Gasteiger partial charge < -0.3 is 10.0 Å². The molecule has 74 valence electrons. The first kappa shape index (κ1) is 10.0. The van der Waals surface area contributed by atoms with Crippen LogP contribution in [0.15, 0.2) is 0 Å². The monoisotopic (exact) mass is 185 g/mol. The minimum Gasteiger partial charge on any atom is -0.480 e. The maximum Gasteiger partial charge on any atom is 0.326 e. The second kappa shape index (κ2) is 3.77. The third kappa shape index (κ3) is 2.20. The average molecular weight is 185 g/mol. The van der Waals surface area contributed by atoms with E-state index in [1.165, 1.54) is 11.8 Å². The third-order valence-electron chi connectivity index (χ3n) is 2.55. The molecule has 1 rings (SSSR count). The molecule has 13 heavy (non-hydrogen) atoms. The lowest BCUT2D eigenvalue weighted by molar-refractivity contribution is -0.152. The minimum atomic E-state index is -0.887. The molecule has 4 nitrogen and oxygen atoms in total. The Morgan fingerprint density at radius 1 is 1.46 bits per heavy atom. The van der Waals surface area contributed by atoms with E-state index in [1.807, 2.05) is 6.92 Å². The van der Waals surface area contributed by atoms with Crippen molar-refractivity contribution in [3.8, 4) is 0 Å². The number of hydrogen-bond donors (Lipinski definition) is 1. The number of piperidine rings is 1. The van der Waals surface area contributed by atoms with Crippen molar-refractivity contribution in [1.29, 1.82) is 0 Å². The van der Waals surface area contributed by atoms with Gasteiger partial charge in [0.2, 0.25) is 5.91 Å². The van der Waals surface area contributed by atoms with Gasteiger partial charge in [0.25, 0.3) is 0 Å². The molecule has 0 radical (unpaired) electrons. The predicted molar refractivity (Wildman–Crippen MR) is 47.2 cm³/mol. The molecule has 1 saturated heterocycles. The SMILES string of the molecule is CC(=O)N1CC[C@@H](C)C[C@@H]1C(=O)O. The van der Waals surface area contributed by atoms with Crippen LogP contribution >= 0.6 is 0 Å². The maximum absolute atomic E-state index is 11.1. The fourth-order valence-corrected chi connectivity index (χ4v) is 1.75. The predicted octanol–water partition coefficient (Wildman–Crippen LogP) is 0.718. The molecule has 0 bridgehead atoms. The Morgan fingerprint density at radius 2 is 2.08 bits per heavy atom. The zero-order valence-electron chi connectivity index (χ0n) is 7.99. The van der Waals surface area contributed by atoms with Gasteiger partial charge in [0.15, 0.2) is 0 Å². The summed E-state index contributed by atoms with van der Waals surface area (Å²) in [5, 5.41) is 8.88. The summed E-state index contributed by atoms with van der Waals surface area (Å²) in [4.78, 5) is 23.4. The molecule has 0 aromatic carbocycles. The van der Waals surface area contributed by atoms with E-state index in [0.717, 1.165) is 6.42 Å². The van der Waals surface area contributed by atoms with Crippen molar-refractivity contribution in [3.05, 3.63) is 0 Å². The van der Waals surface area contributed by atoms with E-state index in [0.29, 0.717) is 18.9 Å². The number of carboxylic acid groups (broad SMARTS) is 1. The molecule has 1 N–H and O–H groups in total. The normalized spacial score (nSPS) is 28.6. The zero-order chi connectivity index (χ0) is 10.0. The second-order valence-electron chi connectivity index (χ2n) is 3.70. The van der Waals surface area contributed by atoms with Gasteiger partial charge >= 0.3 is 5.97 Å². The number of nitrogens with zero attached hydrogens (tertiary/aromatic N) is 1. The Bertz CT molecular complexity index is 227. The number of likely N-dealkylation sites (tertiary alicyclic amines) is 1. The van der Waals surface area contributed by atoms with Crippen molar-refractivity contribution in [2.24, 2.45) is 5.92 Å². The fraction of sp³-hybridized carbons (Fsp3) is 0.778. The molecule has 1 aliphatic rings. The van der Waals surface area contributed by atoms with Crippen LogP contribution in [-0.2, 0) is 9.59 Å². The highest BCUT2D eigenvalue weighted by atomic mass is 16.4. The molecule has 1 aliphatic heterocycles. The molecule has 0 saturated carbocycles. The van der Waals surface area contributed by atoms with Gasteiger partial charge in [0.1, 0.15) is 6.04 Å². The van der Waals surface area contributed by atoms with Gasteiger partial charge in [0.05, 0.1) is 0 Å². The van der Waals surface area contributed by atoms with Crippen LogP contribution in [0.3, 0.4) is 0 Å². The first-order valence-corrected chi connectivity index (χ1v) is 4.52. The van der Waals surface area contributed by atoms with Crippen LogP contribution < -0.4 is 0 Å². The molecule has 0 aromatic rings. The van der Waals surface area contributed by atoms with Gasteiger partial charge in [-0.25, -0.2) is 4.79 Å². The van der Waals surface area contributed by atoms with Crippen molar-refractivity contribution in [3.63, 3.8) is 0 Å². The Balaban J connectivity index is 2.72. The minimum absolute atomic E-state index is 0.140. The highest BCUT2D eigenvalue weighted by molar-refractivity contribution is 5.82. The van der Waals surface area contributed by atoms with E-state index < -0.39 is 12.0 Å². The molecule has 1 heterocycles. The maximum atomic E-state index is 11.1. The van der Waals surface area contributed by atoms with Crippen molar-refractivity contribution >= 4 is 11.9 Å². The smallest absolute Gasteiger partial charge is 0.326 e. The molecular formula is C9H15NO3. The number of carboxylic acids is 1. The van der Waals surface area contributed by atoms with Gasteiger partial charge in [-0.15, -0.1) is 0 Å². The standard InChI is InChI=1S/C9H15NO3/c1-6-3-4-10(7(2)11)8(5-6)9(12)13/h6,8H,3-5H2,1-2H3,(H,12,13)/t6-,8-/m1/s1. The number of hydrogen-bond acceptors (Lipinski definition) is 2. The van der Waals surface area contributed by atoms with E-state index in [2.05, 4.69) is 0 Å². The number of carbonyl (C=O) groups excluding carboxylic acids is 1. The summed E-state index contributed by atoms with van der Waals surface area (Å²) in [5.41, 5.74) is 0. The molecule has 4 heteroatoms. The molecule has 0 aliphatic carbocycles. The van der Waals surface area contributed by atoms with Crippen LogP contribution in [0.2, 0.25) is 0 Å². The van der Waals surface area contributed by atoms with Gasteiger partial charge in [0, 0.05) is 13.5 Å². The van der Waals surface area contributed by atoms with Crippen LogP contribution in [0.5, 0.6) is 0 Å². The van der Waals surface area contributed by atoms with Gasteiger partial charge in [-0.1, -0.05) is 6.92 Å². The fourth-order valence-electron chi connectivity index (χ4n) is 1.75. The molecule has 2 atom stereocenters. The Labute approximate surface area is 77.5 Å². The number of aliphatic carboxylic acids is 1. The Hall–Kier alpha value is -1.06. The van der Waals surface area contributed by atoms with Gasteiger partial charge in [-0.3, -0.25) is 4.79 Å². The molecular weight excluding hydrogens is 170 g/mol. The Morgan fingerprint density at radius 3 is 2.54 bits per heavy atom. The number of rotatable bonds is 1. The zero-order valence-corrected chi connectivity index (χ0v) is 7.99. The van der Waals surface area contributed by atoms with E-state index in [9.17, 15) is 9.59 Å². The van der Waals surface area contributed by atoms with E-state index in [4.69, 9.17) is 5.11 Å². The lowest BCUT2D eigenvalue weighted by Crippen LogP contribution is -2.48. The summed E-state index contributed by atoms with van der Waals surface area (Å²) in [6, 6.07) is -0.610. The van der Waals surface area contributed by atoms with Crippen LogP contribution in [0.4, 0.5) is 0 Å². The summed E-state index contributed by atoms with van der Waals surface area (Å²) < 4.78 is 0. The average Bonchev–Trinajstić information content (AvgIpc) is 2.03. The molecule has 0 unspecified atom stereocenters. The topological polar surface area (TPSA) is 57.6 Å². The Kier molecular flexibility index (Phi) is 2.90. The summed E-state index contributed by atoms with van der Waals surface area (Å²) in [6.07, 6.45) is 1.48. The largest absolute Gasteiger partial charge is 0.480 e. The lowest BCUT2D eigenvalue weighted by Gasteiger charge is -2.35.